The molecular formula is C46H32N2OS. The molecule has 0 saturated carbocycles. The molecule has 0 N–H and O–H groups in total. The van der Waals surface area contributed by atoms with Gasteiger partial charge in [-0.2, -0.15) is 12.6 Å². The second-order valence-electron chi connectivity index (χ2n) is 13.0. The number of hydrogen-bond donors (Lipinski definition) is 1. The van der Waals surface area contributed by atoms with Gasteiger partial charge in [0.1, 0.15) is 5.76 Å². The summed E-state index contributed by atoms with van der Waals surface area (Å²) < 4.78 is 11.4. The van der Waals surface area contributed by atoms with Gasteiger partial charge in [0.25, 0.3) is 0 Å². The van der Waals surface area contributed by atoms with E-state index >= 15 is 0 Å². The smallest absolute Gasteiger partial charge is 0.159 e. The number of nitrogens with zero attached hydrogens (tertiary/aromatic N) is 2. The van der Waals surface area contributed by atoms with Crippen molar-refractivity contribution in [2.75, 3.05) is 5.75 Å². The summed E-state index contributed by atoms with van der Waals surface area (Å²) in [6.45, 7) is 2.13. The van der Waals surface area contributed by atoms with Crippen LogP contribution in [0.2, 0.25) is 0 Å². The molecule has 0 radical (unpaired) electrons. The van der Waals surface area contributed by atoms with Gasteiger partial charge in [-0.1, -0.05) is 103 Å². The van der Waals surface area contributed by atoms with E-state index in [1.165, 1.54) is 54.5 Å². The van der Waals surface area contributed by atoms with E-state index < -0.39 is 0 Å². The van der Waals surface area contributed by atoms with Crippen LogP contribution in [0.5, 0.6) is 0 Å². The zero-order chi connectivity index (χ0) is 33.3. The predicted molar refractivity (Wildman–Crippen MR) is 215 cm³/mol. The average Bonchev–Trinajstić information content (AvgIpc) is 3.80. The summed E-state index contributed by atoms with van der Waals surface area (Å²) in [4.78, 5) is 0. The van der Waals surface area contributed by atoms with Crippen molar-refractivity contribution in [3.8, 4) is 22.5 Å². The number of aryl methyl sites for hydroxylation is 1. The van der Waals surface area contributed by atoms with Crippen molar-refractivity contribution in [1.82, 2.24) is 9.13 Å². The molecule has 0 amide bonds. The molecule has 10 aromatic rings. The molecule has 3 aromatic heterocycles. The first kappa shape index (κ1) is 29.0. The maximum Gasteiger partial charge on any atom is 0.159 e. The Labute approximate surface area is 294 Å². The molecule has 50 heavy (non-hydrogen) atoms. The summed E-state index contributed by atoms with van der Waals surface area (Å²) >= 11 is 4.37. The number of hydrogen-bond acceptors (Lipinski definition) is 2. The number of furan rings is 1. The van der Waals surface area contributed by atoms with Gasteiger partial charge in [-0.15, -0.1) is 0 Å². The minimum Gasteiger partial charge on any atom is -0.454 e. The molecule has 0 aliphatic carbocycles. The minimum atomic E-state index is 0.660. The first-order valence-electron chi connectivity index (χ1n) is 17.0. The molecule has 0 aliphatic heterocycles. The van der Waals surface area contributed by atoms with E-state index in [0.717, 1.165) is 44.7 Å². The van der Waals surface area contributed by atoms with Crippen molar-refractivity contribution in [1.29, 1.82) is 0 Å². The third kappa shape index (κ3) is 4.25. The number of fused-ring (bicyclic) bond motifs is 9. The van der Waals surface area contributed by atoms with Crippen molar-refractivity contribution in [3.63, 3.8) is 0 Å². The van der Waals surface area contributed by atoms with Crippen molar-refractivity contribution in [3.05, 3.63) is 163 Å². The second kappa shape index (κ2) is 11.3. The van der Waals surface area contributed by atoms with Crippen LogP contribution in [0.4, 0.5) is 0 Å². The SMILES string of the molecule is Cc1c(/C=C\CS)oc2c(-n3c4ccccc4c4ccc(-c5ccc6c(c5)c5c7ccccc7ccc5n6-c5ccccc5)cc43)cccc12. The standard InChI is InChI=1S/C46H32N2OS/c1-29-34-16-9-18-42(46(34)49-44(29)19-10-26-50)48-39-17-8-7-15-36(39)37-23-20-32(28-43(37)48)31-22-24-40-38(27-31)45-35-14-6-5-11-30(35)21-25-41(45)47(40)33-12-3-2-4-13-33/h2-25,27-28,50H,26H2,1H3/b19-10-. The van der Waals surface area contributed by atoms with Crippen molar-refractivity contribution in [2.24, 2.45) is 0 Å². The third-order valence-electron chi connectivity index (χ3n) is 10.3. The van der Waals surface area contributed by atoms with Gasteiger partial charge in [-0.3, -0.25) is 0 Å². The highest BCUT2D eigenvalue weighted by atomic mass is 32.1. The number of aromatic nitrogens is 2. The Morgan fingerprint density at radius 3 is 2.14 bits per heavy atom. The van der Waals surface area contributed by atoms with Crippen LogP contribution in [0.15, 0.2) is 156 Å². The van der Waals surface area contributed by atoms with Crippen molar-refractivity contribution < 1.29 is 4.42 Å². The van der Waals surface area contributed by atoms with Crippen molar-refractivity contribution in [2.45, 2.75) is 6.92 Å². The normalized spacial score (nSPS) is 12.2. The van der Waals surface area contributed by atoms with Gasteiger partial charge in [0.15, 0.2) is 5.58 Å². The van der Waals surface area contributed by atoms with Gasteiger partial charge < -0.3 is 13.6 Å². The molecule has 0 aliphatic rings. The molecule has 238 valence electrons. The van der Waals surface area contributed by atoms with Gasteiger partial charge >= 0.3 is 0 Å². The zero-order valence-corrected chi connectivity index (χ0v) is 28.4. The summed E-state index contributed by atoms with van der Waals surface area (Å²) in [6, 6.07) is 52.9. The first-order chi connectivity index (χ1) is 24.7. The van der Waals surface area contributed by atoms with Gasteiger partial charge in [0, 0.05) is 43.9 Å². The van der Waals surface area contributed by atoms with E-state index in [4.69, 9.17) is 4.42 Å². The lowest BCUT2D eigenvalue weighted by Crippen LogP contribution is -1.94. The Balaban J connectivity index is 1.24. The minimum absolute atomic E-state index is 0.660. The maximum absolute atomic E-state index is 6.59. The summed E-state index contributed by atoms with van der Waals surface area (Å²) in [5, 5.41) is 8.59. The maximum atomic E-state index is 6.59. The topological polar surface area (TPSA) is 23.0 Å². The predicted octanol–water partition coefficient (Wildman–Crippen LogP) is 12.7. The molecule has 0 unspecified atom stereocenters. The van der Waals surface area contributed by atoms with Crippen LogP contribution in [0.3, 0.4) is 0 Å². The molecule has 0 fully saturated rings. The quantitative estimate of drug-likeness (QED) is 0.182. The molecule has 0 bridgehead atoms. The number of thiol groups is 1. The van der Waals surface area contributed by atoms with E-state index in [1.54, 1.807) is 0 Å². The lowest BCUT2D eigenvalue weighted by molar-refractivity contribution is 0.599. The molecule has 7 aromatic carbocycles. The van der Waals surface area contributed by atoms with Gasteiger partial charge in [-0.05, 0) is 83.4 Å². The zero-order valence-electron chi connectivity index (χ0n) is 27.5. The highest BCUT2D eigenvalue weighted by Crippen LogP contribution is 2.41. The number of benzene rings is 7. The Morgan fingerprint density at radius 1 is 0.560 bits per heavy atom. The largest absolute Gasteiger partial charge is 0.454 e. The fourth-order valence-electron chi connectivity index (χ4n) is 7.98. The van der Waals surface area contributed by atoms with Crippen LogP contribution in [0, 0.1) is 6.92 Å². The molecule has 0 saturated heterocycles. The Kier molecular flexibility index (Phi) is 6.55. The van der Waals surface area contributed by atoms with Crippen LogP contribution in [-0.2, 0) is 0 Å². The lowest BCUT2D eigenvalue weighted by Gasteiger charge is -2.10. The summed E-state index contributed by atoms with van der Waals surface area (Å²) in [5.74, 6) is 1.53. The Bertz CT molecular complexity index is 2980. The van der Waals surface area contributed by atoms with E-state index in [0.29, 0.717) is 5.75 Å². The van der Waals surface area contributed by atoms with Crippen LogP contribution in [0.25, 0.3) is 93.9 Å². The van der Waals surface area contributed by atoms with Crippen LogP contribution >= 0.6 is 12.6 Å². The number of rotatable bonds is 5. The second-order valence-corrected chi connectivity index (χ2v) is 13.4. The molecule has 10 rings (SSSR count). The summed E-state index contributed by atoms with van der Waals surface area (Å²) in [7, 11) is 0. The Hall–Kier alpha value is -5.97. The van der Waals surface area contributed by atoms with Crippen LogP contribution < -0.4 is 0 Å². The third-order valence-corrected chi connectivity index (χ3v) is 10.5. The van der Waals surface area contributed by atoms with E-state index in [2.05, 4.69) is 174 Å². The van der Waals surface area contributed by atoms with Crippen LogP contribution in [-0.4, -0.2) is 14.9 Å². The highest BCUT2D eigenvalue weighted by Gasteiger charge is 2.20. The van der Waals surface area contributed by atoms with Gasteiger partial charge in [0.2, 0.25) is 0 Å². The van der Waals surface area contributed by atoms with Gasteiger partial charge in [-0.25, -0.2) is 0 Å². The molecule has 3 nitrogen and oxygen atoms in total. The lowest BCUT2D eigenvalue weighted by atomic mass is 9.99. The fraction of sp³-hybridized carbons (Fsp3) is 0.0435. The first-order valence-corrected chi connectivity index (χ1v) is 17.7. The van der Waals surface area contributed by atoms with E-state index in [-0.39, 0.29) is 0 Å². The van der Waals surface area contributed by atoms with Crippen LogP contribution in [0.1, 0.15) is 11.3 Å². The van der Waals surface area contributed by atoms with Gasteiger partial charge in [0.05, 0.1) is 27.8 Å². The molecule has 0 spiro atoms. The van der Waals surface area contributed by atoms with E-state index in [9.17, 15) is 0 Å². The molecule has 0 atom stereocenters. The molecule has 3 heterocycles. The molecule has 4 heteroatoms. The van der Waals surface area contributed by atoms with Crippen molar-refractivity contribution >= 4 is 84.1 Å². The fourth-order valence-corrected chi connectivity index (χ4v) is 8.08. The Morgan fingerprint density at radius 2 is 1.26 bits per heavy atom. The monoisotopic (exact) mass is 660 g/mol. The number of para-hydroxylation sites is 3. The average molecular weight is 661 g/mol. The molecular weight excluding hydrogens is 629 g/mol. The van der Waals surface area contributed by atoms with E-state index in [1.807, 2.05) is 12.2 Å². The highest BCUT2D eigenvalue weighted by molar-refractivity contribution is 7.80. The summed E-state index contributed by atoms with van der Waals surface area (Å²) in [6.07, 6.45) is 4.06. The summed E-state index contributed by atoms with van der Waals surface area (Å²) in [5.41, 5.74) is 11.3.